The third kappa shape index (κ3) is 2.67. The Morgan fingerprint density at radius 2 is 1.96 bits per heavy atom. The molecule has 1 aromatic carbocycles. The minimum Gasteiger partial charge on any atom is -0.493 e. The van der Waals surface area contributed by atoms with Crippen LogP contribution in [-0.4, -0.2) is 30.9 Å². The van der Waals surface area contributed by atoms with Crippen molar-refractivity contribution in [3.8, 4) is 22.8 Å². The van der Waals surface area contributed by atoms with Crippen molar-refractivity contribution in [1.29, 1.82) is 0 Å². The van der Waals surface area contributed by atoms with Crippen LogP contribution in [0.3, 0.4) is 0 Å². The summed E-state index contributed by atoms with van der Waals surface area (Å²) in [6, 6.07) is 7.79. The molecule has 0 amide bonds. The Hall–Kier alpha value is -2.43. The first-order chi connectivity index (χ1) is 11.0. The molecule has 0 aliphatic carbocycles. The van der Waals surface area contributed by atoms with E-state index in [1.807, 2.05) is 36.6 Å². The lowest BCUT2D eigenvalue weighted by Crippen LogP contribution is -2.17. The van der Waals surface area contributed by atoms with E-state index in [-0.39, 0.29) is 12.1 Å². The molecule has 0 spiro atoms. The molecule has 0 N–H and O–H groups in total. The molecule has 0 saturated heterocycles. The van der Waals surface area contributed by atoms with Gasteiger partial charge in [-0.1, -0.05) is 0 Å². The maximum atomic E-state index is 11.9. The summed E-state index contributed by atoms with van der Waals surface area (Å²) in [6.07, 6.45) is 0.916. The Balaban J connectivity index is 2.09. The summed E-state index contributed by atoms with van der Waals surface area (Å²) in [5.41, 5.74) is 3.85. The number of methoxy groups -OCH3 is 2. The highest BCUT2D eigenvalue weighted by molar-refractivity contribution is 5.89. The van der Waals surface area contributed by atoms with Crippen LogP contribution < -0.4 is 9.47 Å². The second-order valence-corrected chi connectivity index (χ2v) is 5.82. The highest BCUT2D eigenvalue weighted by Gasteiger charge is 2.24. The van der Waals surface area contributed by atoms with E-state index in [1.165, 1.54) is 12.7 Å². The Bertz CT molecular complexity index is 746. The summed E-state index contributed by atoms with van der Waals surface area (Å²) in [4.78, 5) is 11.9. The van der Waals surface area contributed by atoms with Crippen molar-refractivity contribution in [2.24, 2.45) is 0 Å². The number of carbonyl (C=O) groups excluding carboxylic acids is 1. The van der Waals surface area contributed by atoms with Gasteiger partial charge in [0.05, 0.1) is 20.3 Å². The van der Waals surface area contributed by atoms with Crippen molar-refractivity contribution in [1.82, 2.24) is 4.57 Å². The zero-order valence-electron chi connectivity index (χ0n) is 13.9. The quantitative estimate of drug-likeness (QED) is 0.812. The van der Waals surface area contributed by atoms with Crippen LogP contribution in [0.15, 0.2) is 24.3 Å². The van der Waals surface area contributed by atoms with Gasteiger partial charge in [-0.3, -0.25) is 0 Å². The molecule has 0 radical (unpaired) electrons. The van der Waals surface area contributed by atoms with Crippen molar-refractivity contribution in [3.63, 3.8) is 0 Å². The molecule has 2 heterocycles. The topological polar surface area (TPSA) is 49.7 Å². The van der Waals surface area contributed by atoms with Crippen molar-refractivity contribution in [2.45, 2.75) is 32.9 Å². The zero-order valence-corrected chi connectivity index (χ0v) is 13.9. The van der Waals surface area contributed by atoms with Gasteiger partial charge in [-0.25, -0.2) is 4.79 Å². The van der Waals surface area contributed by atoms with Crippen LogP contribution >= 0.6 is 0 Å². The molecule has 0 bridgehead atoms. The number of nitrogens with zero attached hydrogens (tertiary/aromatic N) is 1. The fourth-order valence-electron chi connectivity index (χ4n) is 3.01. The number of aromatic nitrogens is 1. The maximum Gasteiger partial charge on any atom is 0.354 e. The molecule has 2 aromatic rings. The lowest BCUT2D eigenvalue weighted by atomic mass is 9.97. The third-order valence-electron chi connectivity index (χ3n) is 4.01. The van der Waals surface area contributed by atoms with Crippen molar-refractivity contribution in [2.75, 3.05) is 14.2 Å². The minimum atomic E-state index is -0.313. The van der Waals surface area contributed by atoms with E-state index < -0.39 is 0 Å². The number of hydrogen-bond acceptors (Lipinski definition) is 4. The van der Waals surface area contributed by atoms with Gasteiger partial charge in [-0.2, -0.15) is 0 Å². The molecular weight excluding hydrogens is 294 g/mol. The van der Waals surface area contributed by atoms with Gasteiger partial charge in [0, 0.05) is 17.8 Å². The Labute approximate surface area is 135 Å². The van der Waals surface area contributed by atoms with E-state index in [0.717, 1.165) is 30.0 Å². The lowest BCUT2D eigenvalue weighted by molar-refractivity contribution is 0.0588. The number of hydrogen-bond donors (Lipinski definition) is 0. The smallest absolute Gasteiger partial charge is 0.354 e. The molecule has 5 nitrogen and oxygen atoms in total. The first kappa shape index (κ1) is 15.5. The average Bonchev–Trinajstić information content (AvgIpc) is 2.97. The number of fused-ring (bicyclic) bond motifs is 3. The van der Waals surface area contributed by atoms with Crippen LogP contribution in [0.25, 0.3) is 11.3 Å². The minimum absolute atomic E-state index is 0.0836. The molecule has 1 aliphatic rings. The fourth-order valence-corrected chi connectivity index (χ4v) is 3.01. The number of aryl methyl sites for hydroxylation is 1. The summed E-state index contributed by atoms with van der Waals surface area (Å²) in [6.45, 7) is 4.73. The summed E-state index contributed by atoms with van der Waals surface area (Å²) in [5, 5.41) is 0. The second-order valence-electron chi connectivity index (χ2n) is 5.82. The van der Waals surface area contributed by atoms with Crippen LogP contribution in [0.1, 0.15) is 29.9 Å². The van der Waals surface area contributed by atoms with Crippen LogP contribution in [0.5, 0.6) is 11.5 Å². The van der Waals surface area contributed by atoms with E-state index in [2.05, 4.69) is 0 Å². The first-order valence-corrected chi connectivity index (χ1v) is 7.71. The molecule has 0 saturated carbocycles. The predicted octanol–water partition coefficient (Wildman–Crippen LogP) is 3.29. The Morgan fingerprint density at radius 1 is 1.17 bits per heavy atom. The van der Waals surface area contributed by atoms with Gasteiger partial charge < -0.3 is 18.8 Å². The number of ether oxygens (including phenoxy) is 3. The molecule has 3 rings (SSSR count). The highest BCUT2D eigenvalue weighted by atomic mass is 16.5. The van der Waals surface area contributed by atoms with Gasteiger partial charge in [0.15, 0.2) is 11.5 Å². The van der Waals surface area contributed by atoms with Crippen molar-refractivity contribution < 1.29 is 19.0 Å². The van der Waals surface area contributed by atoms with Gasteiger partial charge in [-0.15, -0.1) is 0 Å². The molecule has 5 heteroatoms. The monoisotopic (exact) mass is 315 g/mol. The fraction of sp³-hybridized carbons (Fsp3) is 0.389. The van der Waals surface area contributed by atoms with Gasteiger partial charge >= 0.3 is 5.97 Å². The lowest BCUT2D eigenvalue weighted by Gasteiger charge is -2.23. The summed E-state index contributed by atoms with van der Waals surface area (Å²) >= 11 is 0. The number of esters is 1. The molecule has 0 atom stereocenters. The maximum absolute atomic E-state index is 11.9. The van der Waals surface area contributed by atoms with Gasteiger partial charge in [0.25, 0.3) is 0 Å². The predicted molar refractivity (Wildman–Crippen MR) is 87.2 cm³/mol. The number of rotatable bonds is 4. The molecular formula is C18H21NO4. The first-order valence-electron chi connectivity index (χ1n) is 7.71. The summed E-state index contributed by atoms with van der Waals surface area (Å²) in [7, 11) is 3.04. The molecule has 1 aliphatic heterocycles. The van der Waals surface area contributed by atoms with Crippen LogP contribution in [0, 0.1) is 0 Å². The van der Waals surface area contributed by atoms with E-state index in [9.17, 15) is 4.79 Å². The molecule has 0 fully saturated rings. The zero-order chi connectivity index (χ0) is 16.6. The summed E-state index contributed by atoms with van der Waals surface area (Å²) < 4.78 is 18.2. The number of benzene rings is 1. The Morgan fingerprint density at radius 3 is 2.61 bits per heavy atom. The van der Waals surface area contributed by atoms with Crippen molar-refractivity contribution in [3.05, 3.63) is 35.5 Å². The van der Waals surface area contributed by atoms with Gasteiger partial charge in [0.2, 0.25) is 0 Å². The Kier molecular flexibility index (Phi) is 4.03. The van der Waals surface area contributed by atoms with Crippen LogP contribution in [-0.2, 0) is 17.7 Å². The number of carbonyl (C=O) groups is 1. The largest absolute Gasteiger partial charge is 0.493 e. The highest BCUT2D eigenvalue weighted by Crippen LogP contribution is 2.39. The normalized spacial score (nSPS) is 12.6. The van der Waals surface area contributed by atoms with Crippen molar-refractivity contribution >= 4 is 5.97 Å². The molecule has 1 aromatic heterocycles. The van der Waals surface area contributed by atoms with Crippen LogP contribution in [0.2, 0.25) is 0 Å². The SMILES string of the molecule is COC(=O)c1ccc2n1CCc1cc(OC(C)C)c(OC)cc1-2. The van der Waals surface area contributed by atoms with Gasteiger partial charge in [0.1, 0.15) is 5.69 Å². The second kappa shape index (κ2) is 5.99. The van der Waals surface area contributed by atoms with E-state index in [4.69, 9.17) is 14.2 Å². The third-order valence-corrected chi connectivity index (χ3v) is 4.01. The van der Waals surface area contributed by atoms with Crippen LogP contribution in [0.4, 0.5) is 0 Å². The van der Waals surface area contributed by atoms with Gasteiger partial charge in [-0.05, 0) is 50.1 Å². The average molecular weight is 315 g/mol. The molecule has 23 heavy (non-hydrogen) atoms. The van der Waals surface area contributed by atoms with E-state index in [0.29, 0.717) is 11.4 Å². The van der Waals surface area contributed by atoms with E-state index >= 15 is 0 Å². The molecule has 0 unspecified atom stereocenters. The van der Waals surface area contributed by atoms with E-state index in [1.54, 1.807) is 13.2 Å². The molecule has 122 valence electrons. The summed E-state index contributed by atoms with van der Waals surface area (Å²) in [5.74, 6) is 1.15. The standard InChI is InChI=1S/C18H21NO4/c1-11(2)23-17-9-12-7-8-19-14(13(12)10-16(17)21-3)5-6-15(19)18(20)22-4/h5-6,9-11H,7-8H2,1-4H3.